The van der Waals surface area contributed by atoms with Gasteiger partial charge in [-0.15, -0.1) is 23.2 Å². The van der Waals surface area contributed by atoms with Crippen LogP contribution in [0, 0.1) is 11.8 Å². The quantitative estimate of drug-likeness (QED) is 0.760. The van der Waals surface area contributed by atoms with Gasteiger partial charge in [0.1, 0.15) is 0 Å². The smallest absolute Gasteiger partial charge is 0.0500 e. The van der Waals surface area contributed by atoms with Crippen molar-refractivity contribution in [1.29, 1.82) is 0 Å². The van der Waals surface area contributed by atoms with E-state index in [1.165, 1.54) is 30.6 Å². The average molecular weight is 219 g/mol. The van der Waals surface area contributed by atoms with Crippen molar-refractivity contribution in [3.8, 4) is 11.8 Å². The Bertz CT molecular complexity index is 371. The van der Waals surface area contributed by atoms with Crippen LogP contribution in [-0.4, -0.2) is 0 Å². The van der Waals surface area contributed by atoms with Gasteiger partial charge in [0.25, 0.3) is 0 Å². The lowest BCUT2D eigenvalue weighted by Crippen LogP contribution is -2.07. The van der Waals surface area contributed by atoms with Crippen molar-refractivity contribution in [2.24, 2.45) is 5.73 Å². The summed E-state index contributed by atoms with van der Waals surface area (Å²) in [5.41, 5.74) is 7.64. The van der Waals surface area contributed by atoms with E-state index < -0.39 is 0 Å². The SMILES string of the molecule is CC#CCC(N)c1cc2c(s1)CCCC2. The second-order valence-corrected chi connectivity index (χ2v) is 5.21. The maximum absolute atomic E-state index is 6.10. The van der Waals surface area contributed by atoms with E-state index in [0.29, 0.717) is 0 Å². The van der Waals surface area contributed by atoms with E-state index >= 15 is 0 Å². The summed E-state index contributed by atoms with van der Waals surface area (Å²) in [5, 5.41) is 0. The number of hydrogen-bond donors (Lipinski definition) is 1. The van der Waals surface area contributed by atoms with Crippen molar-refractivity contribution < 1.29 is 0 Å². The van der Waals surface area contributed by atoms with Gasteiger partial charge in [-0.05, 0) is 44.2 Å². The number of nitrogens with two attached hydrogens (primary N) is 1. The predicted molar refractivity (Wildman–Crippen MR) is 66.0 cm³/mol. The molecule has 80 valence electrons. The molecule has 1 aliphatic carbocycles. The minimum atomic E-state index is 0.119. The Labute approximate surface area is 95.7 Å². The third kappa shape index (κ3) is 2.42. The zero-order chi connectivity index (χ0) is 10.7. The first-order chi connectivity index (χ1) is 7.31. The van der Waals surface area contributed by atoms with Gasteiger partial charge in [0.05, 0.1) is 6.04 Å². The highest BCUT2D eigenvalue weighted by molar-refractivity contribution is 7.12. The standard InChI is InChI=1S/C13H17NS/c1-2-3-7-11(14)13-9-10-6-4-5-8-12(10)15-13/h9,11H,4-8,14H2,1H3. The largest absolute Gasteiger partial charge is 0.322 e. The summed E-state index contributed by atoms with van der Waals surface area (Å²) in [6, 6.07) is 2.43. The van der Waals surface area contributed by atoms with E-state index in [1.807, 2.05) is 18.3 Å². The van der Waals surface area contributed by atoms with Gasteiger partial charge in [-0.25, -0.2) is 0 Å². The molecule has 1 atom stereocenters. The van der Waals surface area contributed by atoms with E-state index in [-0.39, 0.29) is 6.04 Å². The summed E-state index contributed by atoms with van der Waals surface area (Å²) in [5.74, 6) is 5.96. The maximum Gasteiger partial charge on any atom is 0.0500 e. The van der Waals surface area contributed by atoms with Gasteiger partial charge in [0, 0.05) is 16.2 Å². The van der Waals surface area contributed by atoms with Crippen LogP contribution < -0.4 is 5.73 Å². The number of rotatable bonds is 2. The highest BCUT2D eigenvalue weighted by atomic mass is 32.1. The molecule has 2 heteroatoms. The number of aryl methyl sites for hydroxylation is 2. The third-order valence-corrected chi connectivity index (χ3v) is 4.25. The van der Waals surface area contributed by atoms with Crippen LogP contribution >= 0.6 is 11.3 Å². The van der Waals surface area contributed by atoms with Gasteiger partial charge >= 0.3 is 0 Å². The Morgan fingerprint density at radius 1 is 1.47 bits per heavy atom. The second-order valence-electron chi connectivity index (χ2n) is 4.04. The summed E-state index contributed by atoms with van der Waals surface area (Å²) in [6.45, 7) is 1.87. The molecule has 0 saturated carbocycles. The summed E-state index contributed by atoms with van der Waals surface area (Å²) >= 11 is 1.90. The third-order valence-electron chi connectivity index (χ3n) is 2.88. The minimum Gasteiger partial charge on any atom is -0.322 e. The molecule has 1 heterocycles. The fraction of sp³-hybridized carbons (Fsp3) is 0.538. The van der Waals surface area contributed by atoms with Gasteiger partial charge in [0.15, 0.2) is 0 Å². The molecule has 0 fully saturated rings. The maximum atomic E-state index is 6.10. The van der Waals surface area contributed by atoms with E-state index in [0.717, 1.165) is 6.42 Å². The molecule has 0 radical (unpaired) electrons. The topological polar surface area (TPSA) is 26.0 Å². The predicted octanol–water partition coefficient (Wildman–Crippen LogP) is 3.04. The van der Waals surface area contributed by atoms with Crippen molar-refractivity contribution >= 4 is 11.3 Å². The lowest BCUT2D eigenvalue weighted by molar-refractivity contribution is 0.696. The normalized spacial score (nSPS) is 16.4. The molecule has 2 N–H and O–H groups in total. The van der Waals surface area contributed by atoms with Gasteiger partial charge in [0.2, 0.25) is 0 Å². The number of fused-ring (bicyclic) bond motifs is 1. The van der Waals surface area contributed by atoms with Crippen LogP contribution in [0.15, 0.2) is 6.07 Å². The van der Waals surface area contributed by atoms with Crippen LogP contribution in [0.5, 0.6) is 0 Å². The van der Waals surface area contributed by atoms with Crippen molar-refractivity contribution in [2.75, 3.05) is 0 Å². The molecule has 2 rings (SSSR count). The Hall–Kier alpha value is -0.780. The Balaban J connectivity index is 2.13. The fourth-order valence-corrected chi connectivity index (χ4v) is 3.27. The molecule has 1 aromatic rings. The van der Waals surface area contributed by atoms with Crippen LogP contribution in [0.3, 0.4) is 0 Å². The van der Waals surface area contributed by atoms with Gasteiger partial charge in [-0.1, -0.05) is 0 Å². The van der Waals surface area contributed by atoms with Crippen LogP contribution in [0.4, 0.5) is 0 Å². The summed E-state index contributed by atoms with van der Waals surface area (Å²) in [4.78, 5) is 2.89. The Morgan fingerprint density at radius 2 is 2.27 bits per heavy atom. The molecule has 0 aliphatic heterocycles. The van der Waals surface area contributed by atoms with E-state index in [2.05, 4.69) is 17.9 Å². The molecule has 1 nitrogen and oxygen atoms in total. The van der Waals surface area contributed by atoms with Crippen LogP contribution in [-0.2, 0) is 12.8 Å². The van der Waals surface area contributed by atoms with Crippen molar-refractivity contribution in [1.82, 2.24) is 0 Å². The lowest BCUT2D eigenvalue weighted by Gasteiger charge is -2.08. The molecular weight excluding hydrogens is 202 g/mol. The number of thiophene rings is 1. The van der Waals surface area contributed by atoms with E-state index in [1.54, 1.807) is 10.4 Å². The van der Waals surface area contributed by atoms with Crippen molar-refractivity contribution in [2.45, 2.75) is 45.1 Å². The molecule has 0 amide bonds. The lowest BCUT2D eigenvalue weighted by atomic mass is 9.98. The second kappa shape index (κ2) is 4.83. The summed E-state index contributed by atoms with van der Waals surface area (Å²) in [6.07, 6.45) is 5.98. The zero-order valence-corrected chi connectivity index (χ0v) is 9.99. The molecule has 1 aromatic heterocycles. The van der Waals surface area contributed by atoms with Gasteiger partial charge < -0.3 is 5.73 Å². The number of hydrogen-bond acceptors (Lipinski definition) is 2. The summed E-state index contributed by atoms with van der Waals surface area (Å²) in [7, 11) is 0. The Morgan fingerprint density at radius 3 is 3.00 bits per heavy atom. The van der Waals surface area contributed by atoms with Crippen LogP contribution in [0.1, 0.15) is 47.5 Å². The molecule has 1 aliphatic rings. The van der Waals surface area contributed by atoms with Gasteiger partial charge in [-0.3, -0.25) is 0 Å². The van der Waals surface area contributed by atoms with E-state index in [4.69, 9.17) is 5.73 Å². The van der Waals surface area contributed by atoms with Crippen molar-refractivity contribution in [3.63, 3.8) is 0 Å². The first kappa shape index (κ1) is 10.7. The summed E-state index contributed by atoms with van der Waals surface area (Å²) < 4.78 is 0. The molecule has 0 aromatic carbocycles. The highest BCUT2D eigenvalue weighted by Gasteiger charge is 2.16. The monoisotopic (exact) mass is 219 g/mol. The first-order valence-corrected chi connectivity index (χ1v) is 6.39. The molecule has 0 bridgehead atoms. The highest BCUT2D eigenvalue weighted by Crippen LogP contribution is 2.32. The molecule has 0 spiro atoms. The average Bonchev–Trinajstić information content (AvgIpc) is 2.69. The minimum absolute atomic E-state index is 0.119. The Kier molecular flexibility index (Phi) is 3.45. The molecule has 15 heavy (non-hydrogen) atoms. The fourth-order valence-electron chi connectivity index (χ4n) is 2.01. The van der Waals surface area contributed by atoms with Crippen LogP contribution in [0.25, 0.3) is 0 Å². The van der Waals surface area contributed by atoms with Gasteiger partial charge in [-0.2, -0.15) is 0 Å². The molecule has 1 unspecified atom stereocenters. The van der Waals surface area contributed by atoms with Crippen LogP contribution in [0.2, 0.25) is 0 Å². The first-order valence-electron chi connectivity index (χ1n) is 5.58. The molecular formula is C13H17NS. The molecule has 0 saturated heterocycles. The zero-order valence-electron chi connectivity index (χ0n) is 9.18. The van der Waals surface area contributed by atoms with Crippen molar-refractivity contribution in [3.05, 3.63) is 21.4 Å². The van der Waals surface area contributed by atoms with E-state index in [9.17, 15) is 0 Å².